The fourth-order valence-electron chi connectivity index (χ4n) is 1.70. The van der Waals surface area contributed by atoms with Crippen molar-refractivity contribution in [3.63, 3.8) is 0 Å². The third-order valence-corrected chi connectivity index (χ3v) is 2.81. The summed E-state index contributed by atoms with van der Waals surface area (Å²) in [5.41, 5.74) is 1.90. The summed E-state index contributed by atoms with van der Waals surface area (Å²) in [6, 6.07) is 8.30. The van der Waals surface area contributed by atoms with Crippen LogP contribution in [0.3, 0.4) is 0 Å². The maximum Gasteiger partial charge on any atom is 0.0719 e. The highest BCUT2D eigenvalue weighted by Gasteiger charge is 2.11. The van der Waals surface area contributed by atoms with E-state index >= 15 is 0 Å². The lowest BCUT2D eigenvalue weighted by Crippen LogP contribution is -2.26. The van der Waals surface area contributed by atoms with E-state index in [9.17, 15) is 5.11 Å². The summed E-state index contributed by atoms with van der Waals surface area (Å²) in [5.74, 6) is 0. The Morgan fingerprint density at radius 1 is 1.22 bits per heavy atom. The van der Waals surface area contributed by atoms with Crippen molar-refractivity contribution in [2.45, 2.75) is 45.9 Å². The van der Waals surface area contributed by atoms with E-state index in [2.05, 4.69) is 17.4 Å². The average Bonchev–Trinajstić information content (AvgIpc) is 2.32. The van der Waals surface area contributed by atoms with Crippen LogP contribution in [0.2, 0.25) is 0 Å². The summed E-state index contributed by atoms with van der Waals surface area (Å²) in [7, 11) is 0. The van der Waals surface area contributed by atoms with Crippen molar-refractivity contribution in [1.29, 1.82) is 0 Å². The molecule has 18 heavy (non-hydrogen) atoms. The van der Waals surface area contributed by atoms with Crippen LogP contribution in [0.25, 0.3) is 0 Å². The van der Waals surface area contributed by atoms with E-state index in [4.69, 9.17) is 4.74 Å². The molecule has 1 rings (SSSR count). The zero-order valence-corrected chi connectivity index (χ0v) is 11.7. The summed E-state index contributed by atoms with van der Waals surface area (Å²) >= 11 is 0. The van der Waals surface area contributed by atoms with E-state index in [1.54, 1.807) is 0 Å². The normalized spacial score (nSPS) is 11.8. The second-order valence-electron chi connectivity index (χ2n) is 5.15. The van der Waals surface area contributed by atoms with Gasteiger partial charge in [0.15, 0.2) is 0 Å². The zero-order valence-electron chi connectivity index (χ0n) is 11.7. The topological polar surface area (TPSA) is 41.5 Å². The van der Waals surface area contributed by atoms with E-state index in [-0.39, 0.29) is 0 Å². The van der Waals surface area contributed by atoms with Crippen LogP contribution >= 0.6 is 0 Å². The van der Waals surface area contributed by atoms with Gasteiger partial charge in [-0.3, -0.25) is 0 Å². The van der Waals surface area contributed by atoms with Crippen LogP contribution in [0.15, 0.2) is 24.3 Å². The van der Waals surface area contributed by atoms with Crippen molar-refractivity contribution in [3.05, 3.63) is 35.4 Å². The maximum atomic E-state index is 9.63. The first kappa shape index (κ1) is 15.2. The van der Waals surface area contributed by atoms with Crippen LogP contribution in [0, 0.1) is 0 Å². The van der Waals surface area contributed by atoms with Crippen molar-refractivity contribution in [2.75, 3.05) is 13.2 Å². The summed E-state index contributed by atoms with van der Waals surface area (Å²) in [4.78, 5) is 0. The van der Waals surface area contributed by atoms with Crippen LogP contribution in [0.1, 0.15) is 38.3 Å². The lowest BCUT2D eigenvalue weighted by Gasteiger charge is -2.17. The van der Waals surface area contributed by atoms with Gasteiger partial charge in [0.25, 0.3) is 0 Å². The molecule has 0 saturated carbocycles. The van der Waals surface area contributed by atoms with Gasteiger partial charge in [-0.25, -0.2) is 0 Å². The largest absolute Gasteiger partial charge is 0.390 e. The minimum Gasteiger partial charge on any atom is -0.390 e. The molecular weight excluding hydrogens is 226 g/mol. The summed E-state index contributed by atoms with van der Waals surface area (Å²) in [6.45, 7) is 8.70. The first-order valence-corrected chi connectivity index (χ1v) is 6.60. The van der Waals surface area contributed by atoms with Gasteiger partial charge in [0, 0.05) is 13.2 Å². The van der Waals surface area contributed by atoms with Gasteiger partial charge in [0.2, 0.25) is 0 Å². The average molecular weight is 251 g/mol. The fourth-order valence-corrected chi connectivity index (χ4v) is 1.70. The Hall–Kier alpha value is -0.900. The van der Waals surface area contributed by atoms with Gasteiger partial charge in [0.1, 0.15) is 0 Å². The van der Waals surface area contributed by atoms with Gasteiger partial charge in [-0.15, -0.1) is 0 Å². The van der Waals surface area contributed by atoms with Crippen LogP contribution < -0.4 is 5.32 Å². The minimum atomic E-state index is -0.599. The molecule has 0 unspecified atom stereocenters. The standard InChI is InChI=1S/C15H25NO2/c1-4-18-12-14-8-6-5-7-13(14)11-16-10-9-15(2,3)17/h5-8,16-17H,4,9-12H2,1-3H3. The van der Waals surface area contributed by atoms with Crippen LogP contribution in [0.5, 0.6) is 0 Å². The van der Waals surface area contributed by atoms with E-state index < -0.39 is 5.60 Å². The summed E-state index contributed by atoms with van der Waals surface area (Å²) in [6.07, 6.45) is 0.751. The molecule has 0 aliphatic rings. The lowest BCUT2D eigenvalue weighted by molar-refractivity contribution is 0.0711. The predicted octanol–water partition coefficient (Wildman–Crippen LogP) is 2.47. The Kier molecular flexibility index (Phi) is 6.33. The first-order valence-electron chi connectivity index (χ1n) is 6.60. The molecule has 0 atom stereocenters. The van der Waals surface area contributed by atoms with Crippen molar-refractivity contribution >= 4 is 0 Å². The van der Waals surface area contributed by atoms with Crippen LogP contribution in [0.4, 0.5) is 0 Å². The highest BCUT2D eigenvalue weighted by molar-refractivity contribution is 5.26. The third-order valence-electron chi connectivity index (χ3n) is 2.81. The smallest absolute Gasteiger partial charge is 0.0719 e. The number of benzene rings is 1. The number of nitrogens with one attached hydrogen (secondary N) is 1. The third kappa shape index (κ3) is 6.15. The highest BCUT2D eigenvalue weighted by Crippen LogP contribution is 2.10. The van der Waals surface area contributed by atoms with Crippen molar-refractivity contribution < 1.29 is 9.84 Å². The molecule has 0 amide bonds. The Balaban J connectivity index is 2.41. The molecule has 0 heterocycles. The Bertz CT molecular complexity index is 345. The molecule has 0 saturated heterocycles. The van der Waals surface area contributed by atoms with E-state index in [0.717, 1.165) is 26.1 Å². The van der Waals surface area contributed by atoms with Crippen LogP contribution in [-0.4, -0.2) is 23.9 Å². The quantitative estimate of drug-likeness (QED) is 0.697. The molecule has 0 aromatic heterocycles. The van der Waals surface area contributed by atoms with Gasteiger partial charge < -0.3 is 15.2 Å². The van der Waals surface area contributed by atoms with Crippen molar-refractivity contribution in [3.8, 4) is 0 Å². The molecule has 0 bridgehead atoms. The Morgan fingerprint density at radius 2 is 1.89 bits per heavy atom. The monoisotopic (exact) mass is 251 g/mol. The van der Waals surface area contributed by atoms with E-state index in [1.807, 2.05) is 32.9 Å². The number of aliphatic hydroxyl groups is 1. The first-order chi connectivity index (χ1) is 8.53. The zero-order chi connectivity index (χ0) is 13.4. The SMILES string of the molecule is CCOCc1ccccc1CNCCC(C)(C)O. The molecule has 102 valence electrons. The second kappa shape index (κ2) is 7.52. The number of hydrogen-bond acceptors (Lipinski definition) is 3. The van der Waals surface area contributed by atoms with Crippen LogP contribution in [-0.2, 0) is 17.9 Å². The minimum absolute atomic E-state index is 0.599. The molecule has 0 fully saturated rings. The highest BCUT2D eigenvalue weighted by atomic mass is 16.5. The summed E-state index contributed by atoms with van der Waals surface area (Å²) < 4.78 is 5.45. The molecule has 0 radical (unpaired) electrons. The van der Waals surface area contributed by atoms with Gasteiger partial charge in [-0.1, -0.05) is 24.3 Å². The lowest BCUT2D eigenvalue weighted by atomic mass is 10.1. The molecule has 1 aromatic rings. The molecule has 3 heteroatoms. The Labute approximate surface area is 110 Å². The molecule has 0 spiro atoms. The Morgan fingerprint density at radius 3 is 2.50 bits per heavy atom. The number of ether oxygens (including phenoxy) is 1. The van der Waals surface area contributed by atoms with E-state index in [0.29, 0.717) is 6.61 Å². The van der Waals surface area contributed by atoms with Gasteiger partial charge in [-0.05, 0) is 44.9 Å². The number of rotatable bonds is 8. The second-order valence-corrected chi connectivity index (χ2v) is 5.15. The van der Waals surface area contributed by atoms with Gasteiger partial charge >= 0.3 is 0 Å². The molecule has 2 N–H and O–H groups in total. The molecule has 0 aliphatic carbocycles. The molecule has 3 nitrogen and oxygen atoms in total. The van der Waals surface area contributed by atoms with E-state index in [1.165, 1.54) is 11.1 Å². The number of hydrogen-bond donors (Lipinski definition) is 2. The van der Waals surface area contributed by atoms with Crippen molar-refractivity contribution in [2.24, 2.45) is 0 Å². The maximum absolute atomic E-state index is 9.63. The molecular formula is C15H25NO2. The predicted molar refractivity (Wildman–Crippen MR) is 74.4 cm³/mol. The van der Waals surface area contributed by atoms with Gasteiger partial charge in [-0.2, -0.15) is 0 Å². The fraction of sp³-hybridized carbons (Fsp3) is 0.600. The summed E-state index contributed by atoms with van der Waals surface area (Å²) in [5, 5.41) is 13.0. The molecule has 0 aliphatic heterocycles. The van der Waals surface area contributed by atoms with Gasteiger partial charge in [0.05, 0.1) is 12.2 Å². The van der Waals surface area contributed by atoms with Crippen molar-refractivity contribution in [1.82, 2.24) is 5.32 Å². The molecule has 1 aromatic carbocycles.